The van der Waals surface area contributed by atoms with Crippen LogP contribution in [-0.4, -0.2) is 22.8 Å². The zero-order valence-corrected chi connectivity index (χ0v) is 48.4. The van der Waals surface area contributed by atoms with E-state index in [1.54, 1.807) is 0 Å². The van der Waals surface area contributed by atoms with Crippen LogP contribution < -0.4 is 0 Å². The molecule has 13 aromatic carbocycles. The summed E-state index contributed by atoms with van der Waals surface area (Å²) in [4.78, 5) is 0. The molecule has 92 heavy (non-hydrogen) atoms. The van der Waals surface area contributed by atoms with Gasteiger partial charge in [-0.05, 0) is 96.6 Å². The fraction of sp³-hybridized carbons (Fsp3) is 0.0250. The highest BCUT2D eigenvalue weighted by Crippen LogP contribution is 2.56. The second-order valence-electron chi connectivity index (χ2n) is 23.7. The third kappa shape index (κ3) is 7.16. The van der Waals surface area contributed by atoms with E-state index in [1.807, 2.05) is 200 Å². The van der Waals surface area contributed by atoms with E-state index in [4.69, 9.17) is 4.42 Å². The third-order valence-electron chi connectivity index (χ3n) is 18.9. The van der Waals surface area contributed by atoms with Crippen molar-refractivity contribution < 1.29 is 30.8 Å². The Labute approximate surface area is 518 Å². The van der Waals surface area contributed by atoms with Crippen molar-refractivity contribution in [3.63, 3.8) is 0 Å². The van der Waals surface area contributed by atoms with E-state index in [-0.39, 0.29) is 17.2 Å². The topological polar surface area (TPSA) is 37.8 Å². The van der Waals surface area contributed by atoms with Gasteiger partial charge in [-0.1, -0.05) is 182 Å². The Kier molecular flexibility index (Phi) is 10.7. The lowest BCUT2D eigenvalue weighted by Gasteiger charge is -2.32. The Hall–Kier alpha value is -11.8. The first-order chi connectivity index (χ1) is 45.0. The summed E-state index contributed by atoms with van der Waals surface area (Å²) in [5.74, 6) is 0. The van der Waals surface area contributed by atoms with E-state index in [2.05, 4.69) is 77.4 Å². The van der Waals surface area contributed by atoms with Gasteiger partial charge in [0, 0.05) is 64.8 Å². The molecule has 0 saturated heterocycles. The van der Waals surface area contributed by atoms with Crippen molar-refractivity contribution in [3.8, 4) is 39.6 Å². The number of fused-ring (bicyclic) bond motifs is 19. The molecule has 0 saturated carbocycles. The average molecular weight is 1210 g/mol. The van der Waals surface area contributed by atoms with Crippen molar-refractivity contribution in [3.05, 3.63) is 284 Å². The molecule has 0 spiro atoms. The molecule has 0 aliphatic heterocycles. The molecule has 12 heteroatoms. The first-order valence-electron chi connectivity index (χ1n) is 30.3. The van der Waals surface area contributed by atoms with Gasteiger partial charge in [0.15, 0.2) is 0 Å². The Morgan fingerprint density at radius 3 is 0.859 bits per heavy atom. The molecule has 0 radical (unpaired) electrons. The van der Waals surface area contributed by atoms with Crippen molar-refractivity contribution >= 4 is 131 Å². The highest BCUT2D eigenvalue weighted by atomic mass is 19.4. The number of alkyl halides is 6. The summed E-state index contributed by atoms with van der Waals surface area (Å²) >= 11 is 0. The number of halogens is 6. The summed E-state index contributed by atoms with van der Waals surface area (Å²) in [6, 6.07) is 86.3. The van der Waals surface area contributed by atoms with Crippen molar-refractivity contribution in [2.24, 2.45) is 0 Å². The summed E-state index contributed by atoms with van der Waals surface area (Å²) in [6.45, 7) is 0. The highest BCUT2D eigenvalue weighted by molar-refractivity contribution is 6.25. The van der Waals surface area contributed by atoms with Crippen LogP contribution in [0.4, 0.5) is 26.3 Å². The molecule has 6 heterocycles. The third-order valence-corrected chi connectivity index (χ3v) is 18.9. The monoisotopic (exact) mass is 1210 g/mol. The fourth-order valence-corrected chi connectivity index (χ4v) is 15.3. The number of para-hydroxylation sites is 10. The lowest BCUT2D eigenvalue weighted by atomic mass is 9.92. The molecule has 0 atom stereocenters. The van der Waals surface area contributed by atoms with Crippen LogP contribution in [0.3, 0.4) is 0 Å². The lowest BCUT2D eigenvalue weighted by molar-refractivity contribution is -0.143. The number of hydrogen-bond donors (Lipinski definition) is 0. The molecule has 6 nitrogen and oxygen atoms in total. The number of rotatable bonds is 6. The summed E-state index contributed by atoms with van der Waals surface area (Å²) in [6.07, 6.45) is -10.5. The first-order valence-corrected chi connectivity index (χ1v) is 30.3. The minimum atomic E-state index is -5.24. The van der Waals surface area contributed by atoms with Gasteiger partial charge in [0.25, 0.3) is 0 Å². The Bertz CT molecular complexity index is 5880. The number of aromatic nitrogens is 5. The van der Waals surface area contributed by atoms with Gasteiger partial charge in [0.1, 0.15) is 11.2 Å². The highest BCUT2D eigenvalue weighted by Gasteiger charge is 2.41. The normalized spacial score (nSPS) is 12.7. The molecule has 0 amide bonds. The molecular formula is C80H45F6N5O. The van der Waals surface area contributed by atoms with Crippen molar-refractivity contribution in [1.29, 1.82) is 0 Å². The Morgan fingerprint density at radius 1 is 0.239 bits per heavy atom. The summed E-state index contributed by atoms with van der Waals surface area (Å²) in [5.41, 5.74) is 7.42. The molecule has 0 bridgehead atoms. The van der Waals surface area contributed by atoms with Crippen molar-refractivity contribution in [2.75, 3.05) is 0 Å². The summed E-state index contributed by atoms with van der Waals surface area (Å²) in [5, 5.41) is 10.3. The van der Waals surface area contributed by atoms with Crippen LogP contribution in [0.5, 0.6) is 0 Å². The van der Waals surface area contributed by atoms with Crippen molar-refractivity contribution in [1.82, 2.24) is 22.8 Å². The van der Waals surface area contributed by atoms with Gasteiger partial charge >= 0.3 is 12.4 Å². The lowest BCUT2D eigenvalue weighted by Crippen LogP contribution is -2.19. The van der Waals surface area contributed by atoms with Crippen LogP contribution in [0.1, 0.15) is 11.1 Å². The molecule has 0 N–H and O–H groups in total. The zero-order valence-electron chi connectivity index (χ0n) is 48.4. The predicted octanol–water partition coefficient (Wildman–Crippen LogP) is 22.8. The second kappa shape index (κ2) is 18.9. The largest absolute Gasteiger partial charge is 0.455 e. The smallest absolute Gasteiger partial charge is 0.416 e. The number of nitrogens with zero attached hydrogens (tertiary/aromatic N) is 5. The van der Waals surface area contributed by atoms with Crippen LogP contribution in [0, 0.1) is 0 Å². The fourth-order valence-electron chi connectivity index (χ4n) is 15.3. The van der Waals surface area contributed by atoms with Crippen LogP contribution >= 0.6 is 0 Å². The molecule has 0 aliphatic carbocycles. The molecule has 6 aromatic heterocycles. The quantitative estimate of drug-likeness (QED) is 0.153. The molecule has 0 unspecified atom stereocenters. The summed E-state index contributed by atoms with van der Waals surface area (Å²) in [7, 11) is 0. The van der Waals surface area contributed by atoms with Crippen LogP contribution in [0.2, 0.25) is 0 Å². The van der Waals surface area contributed by atoms with E-state index in [1.165, 1.54) is 0 Å². The summed E-state index contributed by atoms with van der Waals surface area (Å²) < 4.78 is 116. The minimum absolute atomic E-state index is 0.0949. The van der Waals surface area contributed by atoms with Crippen LogP contribution in [0.25, 0.3) is 171 Å². The maximum atomic E-state index is 16.3. The van der Waals surface area contributed by atoms with Gasteiger partial charge in [0.05, 0.1) is 100 Å². The molecule has 19 rings (SSSR count). The van der Waals surface area contributed by atoms with E-state index in [0.29, 0.717) is 61.7 Å². The number of furan rings is 1. The predicted molar refractivity (Wildman–Crippen MR) is 361 cm³/mol. The van der Waals surface area contributed by atoms with Gasteiger partial charge in [-0.15, -0.1) is 0 Å². The average Bonchev–Trinajstić information content (AvgIpc) is 1.42. The Balaban J connectivity index is 1.22. The van der Waals surface area contributed by atoms with Crippen LogP contribution in [0.15, 0.2) is 277 Å². The van der Waals surface area contributed by atoms with Gasteiger partial charge in [-0.2, -0.15) is 26.3 Å². The molecule has 19 aromatic rings. The maximum absolute atomic E-state index is 16.3. The molecule has 0 aliphatic rings. The van der Waals surface area contributed by atoms with Gasteiger partial charge in [-0.3, -0.25) is 0 Å². The number of benzene rings is 13. The van der Waals surface area contributed by atoms with Crippen LogP contribution in [-0.2, 0) is 12.4 Å². The SMILES string of the molecule is FC(F)(F)c1cc(-c2c(-n3c4ccccc4c4ccccc43)c(-n3c4ccccc4c4ccccc43)c(-n3c4ccccc4c4c5oc6ccccc6c5ccc43)c(-n3c4ccccc4c4ccccc43)c2-n2c3ccccc3c3ccccc32)cc(C(F)(F)F)c1. The maximum Gasteiger partial charge on any atom is 0.416 e. The van der Waals surface area contributed by atoms with E-state index in [0.717, 1.165) is 110 Å². The number of hydrogen-bond acceptors (Lipinski definition) is 1. The first kappa shape index (κ1) is 52.2. The van der Waals surface area contributed by atoms with Gasteiger partial charge < -0.3 is 27.3 Å². The van der Waals surface area contributed by atoms with E-state index < -0.39 is 23.5 Å². The molecule has 438 valence electrons. The van der Waals surface area contributed by atoms with E-state index in [9.17, 15) is 0 Å². The minimum Gasteiger partial charge on any atom is -0.455 e. The van der Waals surface area contributed by atoms with E-state index >= 15 is 26.3 Å². The van der Waals surface area contributed by atoms with Gasteiger partial charge in [-0.25, -0.2) is 0 Å². The van der Waals surface area contributed by atoms with Crippen molar-refractivity contribution in [2.45, 2.75) is 12.4 Å². The second-order valence-corrected chi connectivity index (χ2v) is 23.7. The standard InChI is InChI=1S/C80H45F6N5O/c81-79(82,83)47-43-46(44-48(45-47)80(84,85)86)71-73(87-60-31-11-1-21-49(60)50-22-2-12-32-61(50)87)75(89-64-35-15-5-25-53(64)54-26-6-16-36-65(54)89)77(91-68-39-19-9-30-59(68)72-69(91)42-41-58-57-29-10-20-40-70(57)92-78(58)72)76(90-66-37-17-7-27-55(66)56-28-8-18-38-67(56)90)74(71)88-62-33-13-3-23-51(62)52-24-4-14-34-63(52)88/h1-45H. The van der Waals surface area contributed by atoms with Gasteiger partial charge in [0.2, 0.25) is 0 Å². The molecular weight excluding hydrogens is 1160 g/mol. The zero-order chi connectivity index (χ0) is 61.5. The Morgan fingerprint density at radius 2 is 0.511 bits per heavy atom. The molecule has 0 fully saturated rings.